The molecule has 3 heteroatoms. The number of benzene rings is 2. The Morgan fingerprint density at radius 2 is 1.62 bits per heavy atom. The molecule has 1 nitrogen and oxygen atoms in total. The fraction of sp³-hybridized carbons (Fsp3) is 0.333. The van der Waals surface area contributed by atoms with E-state index >= 15 is 0 Å². The smallest absolute Gasteiger partial charge is 0.0577 e. The first-order chi connectivity index (χ1) is 9.93. The fourth-order valence-corrected chi connectivity index (χ4v) is 2.98. The molecule has 2 aromatic carbocycles. The molecule has 2 aromatic rings. The molecule has 0 fully saturated rings. The normalized spacial score (nSPS) is 12.5. The molecule has 1 atom stereocenters. The molecule has 0 aromatic heterocycles. The standard InChI is InChI=1S/C18H21BrClN/c1-5-21-18(14-7-6-11(2)16(20)10-14)15-8-12(3)17(19)13(4)9-15/h6-10,18,21H,5H2,1-4H3. The van der Waals surface area contributed by atoms with Crippen molar-refractivity contribution in [2.24, 2.45) is 0 Å². The number of nitrogens with one attached hydrogen (secondary N) is 1. The molecule has 0 bridgehead atoms. The van der Waals surface area contributed by atoms with Crippen LogP contribution in [0.3, 0.4) is 0 Å². The van der Waals surface area contributed by atoms with Gasteiger partial charge in [-0.1, -0.05) is 58.7 Å². The van der Waals surface area contributed by atoms with Crippen molar-refractivity contribution in [1.29, 1.82) is 0 Å². The molecule has 0 heterocycles. The Kier molecular flexibility index (Phi) is 5.48. The first-order valence-corrected chi connectivity index (χ1v) is 8.37. The van der Waals surface area contributed by atoms with E-state index in [2.05, 4.69) is 72.3 Å². The van der Waals surface area contributed by atoms with Gasteiger partial charge in [-0.3, -0.25) is 0 Å². The third-order valence-electron chi connectivity index (χ3n) is 3.73. The van der Waals surface area contributed by atoms with Gasteiger partial charge in [0.15, 0.2) is 0 Å². The number of aryl methyl sites for hydroxylation is 3. The summed E-state index contributed by atoms with van der Waals surface area (Å²) in [5.74, 6) is 0. The summed E-state index contributed by atoms with van der Waals surface area (Å²) >= 11 is 9.94. The van der Waals surface area contributed by atoms with Crippen LogP contribution in [0.4, 0.5) is 0 Å². The molecule has 1 N–H and O–H groups in total. The van der Waals surface area contributed by atoms with Crippen molar-refractivity contribution in [2.75, 3.05) is 6.54 Å². The van der Waals surface area contributed by atoms with Crippen molar-refractivity contribution in [1.82, 2.24) is 5.32 Å². The van der Waals surface area contributed by atoms with Crippen LogP contribution < -0.4 is 5.32 Å². The molecular weight excluding hydrogens is 346 g/mol. The van der Waals surface area contributed by atoms with Crippen LogP contribution in [0.1, 0.15) is 40.8 Å². The zero-order valence-electron chi connectivity index (χ0n) is 12.9. The molecule has 0 spiro atoms. The van der Waals surface area contributed by atoms with Gasteiger partial charge in [-0.05, 0) is 61.2 Å². The first-order valence-electron chi connectivity index (χ1n) is 7.20. The molecule has 0 radical (unpaired) electrons. The Hall–Kier alpha value is -0.830. The number of rotatable bonds is 4. The average molecular weight is 367 g/mol. The van der Waals surface area contributed by atoms with Gasteiger partial charge in [0.05, 0.1) is 6.04 Å². The van der Waals surface area contributed by atoms with E-state index in [1.54, 1.807) is 0 Å². The largest absolute Gasteiger partial charge is 0.307 e. The predicted octanol–water partition coefficient (Wildman–Crippen LogP) is 5.73. The van der Waals surface area contributed by atoms with Gasteiger partial charge in [-0.25, -0.2) is 0 Å². The summed E-state index contributed by atoms with van der Waals surface area (Å²) in [6.45, 7) is 9.32. The van der Waals surface area contributed by atoms with Gasteiger partial charge in [0, 0.05) is 9.50 Å². The topological polar surface area (TPSA) is 12.0 Å². The van der Waals surface area contributed by atoms with Crippen molar-refractivity contribution in [3.05, 3.63) is 67.6 Å². The van der Waals surface area contributed by atoms with Crippen LogP contribution in [0.25, 0.3) is 0 Å². The van der Waals surface area contributed by atoms with Gasteiger partial charge < -0.3 is 5.32 Å². The third-order valence-corrected chi connectivity index (χ3v) is 5.39. The Balaban J connectivity index is 2.50. The third kappa shape index (κ3) is 3.68. The van der Waals surface area contributed by atoms with E-state index in [1.165, 1.54) is 26.7 Å². The number of hydrogen-bond acceptors (Lipinski definition) is 1. The maximum Gasteiger partial charge on any atom is 0.0577 e. The molecule has 0 saturated carbocycles. The molecular formula is C18H21BrClN. The van der Waals surface area contributed by atoms with Gasteiger partial charge in [0.25, 0.3) is 0 Å². The summed E-state index contributed by atoms with van der Waals surface area (Å²) in [5.41, 5.74) is 6.10. The maximum absolute atomic E-state index is 6.30. The Morgan fingerprint density at radius 3 is 2.14 bits per heavy atom. The SMILES string of the molecule is CCNC(c1cc(C)c(Br)c(C)c1)c1ccc(C)c(Cl)c1. The second-order valence-corrected chi connectivity index (χ2v) is 6.67. The minimum absolute atomic E-state index is 0.165. The molecule has 2 rings (SSSR count). The van der Waals surface area contributed by atoms with E-state index in [1.807, 2.05) is 6.92 Å². The van der Waals surface area contributed by atoms with Gasteiger partial charge in [0.1, 0.15) is 0 Å². The summed E-state index contributed by atoms with van der Waals surface area (Å²) in [6.07, 6.45) is 0. The first kappa shape index (κ1) is 16.5. The summed E-state index contributed by atoms with van der Waals surface area (Å²) in [6, 6.07) is 10.9. The van der Waals surface area contributed by atoms with Crippen molar-refractivity contribution in [3.63, 3.8) is 0 Å². The minimum Gasteiger partial charge on any atom is -0.307 e. The quantitative estimate of drug-likeness (QED) is 0.729. The lowest BCUT2D eigenvalue weighted by atomic mass is 9.95. The lowest BCUT2D eigenvalue weighted by molar-refractivity contribution is 0.629. The molecule has 0 amide bonds. The van der Waals surface area contributed by atoms with Crippen molar-refractivity contribution in [2.45, 2.75) is 33.7 Å². The zero-order valence-corrected chi connectivity index (χ0v) is 15.3. The molecule has 0 aliphatic rings. The van der Waals surface area contributed by atoms with Crippen molar-refractivity contribution >= 4 is 27.5 Å². The second kappa shape index (κ2) is 6.95. The molecule has 21 heavy (non-hydrogen) atoms. The van der Waals surface area contributed by atoms with Gasteiger partial charge in [-0.15, -0.1) is 0 Å². The van der Waals surface area contributed by atoms with Crippen LogP contribution in [-0.4, -0.2) is 6.54 Å². The number of hydrogen-bond donors (Lipinski definition) is 1. The van der Waals surface area contributed by atoms with Gasteiger partial charge in [-0.2, -0.15) is 0 Å². The average Bonchev–Trinajstić information content (AvgIpc) is 2.45. The Labute approximate surface area is 140 Å². The maximum atomic E-state index is 6.30. The van der Waals surface area contributed by atoms with E-state index in [9.17, 15) is 0 Å². The molecule has 1 unspecified atom stereocenters. The van der Waals surface area contributed by atoms with Crippen molar-refractivity contribution in [3.8, 4) is 0 Å². The highest BCUT2D eigenvalue weighted by atomic mass is 79.9. The van der Waals surface area contributed by atoms with Crippen LogP contribution in [0.15, 0.2) is 34.8 Å². The van der Waals surface area contributed by atoms with E-state index in [-0.39, 0.29) is 6.04 Å². The van der Waals surface area contributed by atoms with Crippen LogP contribution in [0.2, 0.25) is 5.02 Å². The summed E-state index contributed by atoms with van der Waals surface area (Å²) < 4.78 is 1.18. The second-order valence-electron chi connectivity index (χ2n) is 5.47. The van der Waals surface area contributed by atoms with Crippen LogP contribution >= 0.6 is 27.5 Å². The summed E-state index contributed by atoms with van der Waals surface area (Å²) in [7, 11) is 0. The van der Waals surface area contributed by atoms with Gasteiger partial charge >= 0.3 is 0 Å². The fourth-order valence-electron chi connectivity index (χ4n) is 2.57. The summed E-state index contributed by atoms with van der Waals surface area (Å²) in [4.78, 5) is 0. The lowest BCUT2D eigenvalue weighted by Gasteiger charge is -2.21. The molecule has 0 aliphatic heterocycles. The highest BCUT2D eigenvalue weighted by Gasteiger charge is 2.15. The highest BCUT2D eigenvalue weighted by molar-refractivity contribution is 9.10. The Bertz CT molecular complexity index is 629. The monoisotopic (exact) mass is 365 g/mol. The van der Waals surface area contributed by atoms with E-state index < -0.39 is 0 Å². The van der Waals surface area contributed by atoms with E-state index in [4.69, 9.17) is 11.6 Å². The van der Waals surface area contributed by atoms with Crippen LogP contribution in [-0.2, 0) is 0 Å². The van der Waals surface area contributed by atoms with Gasteiger partial charge in [0.2, 0.25) is 0 Å². The molecule has 0 saturated heterocycles. The Morgan fingerprint density at radius 1 is 1.00 bits per heavy atom. The van der Waals surface area contributed by atoms with E-state index in [0.29, 0.717) is 0 Å². The summed E-state index contributed by atoms with van der Waals surface area (Å²) in [5, 5.41) is 4.38. The van der Waals surface area contributed by atoms with Crippen molar-refractivity contribution < 1.29 is 0 Å². The predicted molar refractivity (Wildman–Crippen MR) is 95.3 cm³/mol. The van der Waals surface area contributed by atoms with Crippen LogP contribution in [0.5, 0.6) is 0 Å². The molecule has 112 valence electrons. The van der Waals surface area contributed by atoms with E-state index in [0.717, 1.165) is 17.1 Å². The highest BCUT2D eigenvalue weighted by Crippen LogP contribution is 2.30. The lowest BCUT2D eigenvalue weighted by Crippen LogP contribution is -2.22. The molecule has 0 aliphatic carbocycles. The number of halogens is 2. The zero-order chi connectivity index (χ0) is 15.6. The minimum atomic E-state index is 0.165. The van der Waals surface area contributed by atoms with Crippen LogP contribution in [0, 0.1) is 20.8 Å².